The Balaban J connectivity index is 2.87. The van der Waals surface area contributed by atoms with Crippen LogP contribution in [0.3, 0.4) is 0 Å². The highest BCUT2D eigenvalue weighted by Crippen LogP contribution is 2.36. The van der Waals surface area contributed by atoms with Crippen molar-refractivity contribution in [2.24, 2.45) is 0 Å². The highest BCUT2D eigenvalue weighted by molar-refractivity contribution is 6.33. The van der Waals surface area contributed by atoms with Gasteiger partial charge in [-0.2, -0.15) is 13.2 Å². The normalized spacial score (nSPS) is 11.6. The van der Waals surface area contributed by atoms with E-state index in [1.165, 1.54) is 4.98 Å². The Hall–Kier alpha value is -2.49. The minimum atomic E-state index is -4.95. The molecule has 0 aliphatic heterocycles. The first kappa shape index (κ1) is 16.9. The lowest BCUT2D eigenvalue weighted by atomic mass is 10.2. The van der Waals surface area contributed by atoms with Gasteiger partial charge in [0.1, 0.15) is 11.4 Å². The van der Waals surface area contributed by atoms with Crippen LogP contribution < -0.4 is 21.7 Å². The van der Waals surface area contributed by atoms with Crippen molar-refractivity contribution in [3.63, 3.8) is 0 Å². The van der Waals surface area contributed by atoms with E-state index < -0.39 is 40.4 Å². The third-order valence-corrected chi connectivity index (χ3v) is 3.18. The van der Waals surface area contributed by atoms with Crippen LogP contribution in [0.4, 0.5) is 23.2 Å². The molecule has 1 aromatic heterocycles. The van der Waals surface area contributed by atoms with Gasteiger partial charge in [0.25, 0.3) is 5.56 Å². The van der Waals surface area contributed by atoms with Gasteiger partial charge >= 0.3 is 11.9 Å². The van der Waals surface area contributed by atoms with E-state index in [1.807, 2.05) is 0 Å². The first-order valence-corrected chi connectivity index (χ1v) is 6.21. The number of H-pyrrole nitrogens is 1. The van der Waals surface area contributed by atoms with Gasteiger partial charge in [-0.15, -0.1) is 0 Å². The van der Waals surface area contributed by atoms with Crippen LogP contribution in [0.25, 0.3) is 5.69 Å². The zero-order chi connectivity index (χ0) is 17.5. The van der Waals surface area contributed by atoms with Crippen molar-refractivity contribution >= 4 is 17.3 Å². The van der Waals surface area contributed by atoms with Crippen LogP contribution in [0.1, 0.15) is 5.69 Å². The summed E-state index contributed by atoms with van der Waals surface area (Å²) in [5, 5.41) is -0.250. The molecule has 6 nitrogen and oxygen atoms in total. The molecule has 2 aromatic rings. The van der Waals surface area contributed by atoms with Gasteiger partial charge in [-0.25, -0.2) is 13.8 Å². The second-order valence-corrected chi connectivity index (χ2v) is 4.70. The van der Waals surface area contributed by atoms with Crippen molar-refractivity contribution in [3.05, 3.63) is 49.5 Å². The number of nitrogens with one attached hydrogen (secondary N) is 1. The fourth-order valence-electron chi connectivity index (χ4n) is 1.88. The highest BCUT2D eigenvalue weighted by atomic mass is 35.5. The zero-order valence-electron chi connectivity index (χ0n) is 11.3. The third kappa shape index (κ3) is 2.89. The molecule has 0 aliphatic rings. The van der Waals surface area contributed by atoms with Crippen LogP contribution in [0.2, 0.25) is 5.02 Å². The van der Waals surface area contributed by atoms with Gasteiger partial charge < -0.3 is 15.5 Å². The molecule has 0 saturated heterocycles. The van der Waals surface area contributed by atoms with Crippen molar-refractivity contribution in [1.82, 2.24) is 9.55 Å². The number of nitrogens with zero attached hydrogens (tertiary/aromatic N) is 1. The van der Waals surface area contributed by atoms with Gasteiger partial charge in [-0.3, -0.25) is 4.79 Å². The fourth-order valence-corrected chi connectivity index (χ4v) is 2.06. The summed E-state index contributed by atoms with van der Waals surface area (Å²) in [4.78, 5) is 25.2. The van der Waals surface area contributed by atoms with Gasteiger partial charge in [-0.05, 0) is 6.07 Å². The summed E-state index contributed by atoms with van der Waals surface area (Å²) in [5.41, 5.74) is 0.0543. The van der Waals surface area contributed by atoms with Crippen LogP contribution in [0, 0.1) is 5.82 Å². The van der Waals surface area contributed by atoms with Crippen LogP contribution in [-0.4, -0.2) is 16.7 Å². The summed E-state index contributed by atoms with van der Waals surface area (Å²) in [7, 11) is 1.06. The number of anilines is 1. The Bertz CT molecular complexity index is 858. The molecule has 0 fully saturated rings. The van der Waals surface area contributed by atoms with E-state index >= 15 is 0 Å². The Morgan fingerprint density at radius 3 is 2.39 bits per heavy atom. The molecule has 0 bridgehead atoms. The molecular formula is C12H8ClF4N3O3. The molecule has 0 atom stereocenters. The first-order chi connectivity index (χ1) is 10.6. The quantitative estimate of drug-likeness (QED) is 0.637. The summed E-state index contributed by atoms with van der Waals surface area (Å²) in [6.45, 7) is 0. The molecule has 1 aromatic carbocycles. The molecule has 124 valence electrons. The standard InChI is InChI=1S/C12H8ClF4N3O3/c1-23-10-8(18)4(13)2-5(14)9(10)20-7(21)3-6(12(15,16)17)19-11(20)22/h2-3H,18H2,1H3,(H,19,22). The number of hydrogen-bond acceptors (Lipinski definition) is 4. The Kier molecular flexibility index (Phi) is 4.12. The van der Waals surface area contributed by atoms with Gasteiger partial charge in [-0.1, -0.05) is 11.6 Å². The minimum absolute atomic E-state index is 0.116. The molecule has 0 saturated carbocycles. The number of nitrogens with two attached hydrogens (primary N) is 1. The van der Waals surface area contributed by atoms with Crippen LogP contribution >= 0.6 is 11.6 Å². The SMILES string of the molecule is COc1c(N)c(Cl)cc(F)c1-n1c(=O)cc(C(F)(F)F)[nH]c1=O. The van der Waals surface area contributed by atoms with Crippen LogP contribution in [0.5, 0.6) is 5.75 Å². The monoisotopic (exact) mass is 353 g/mol. The predicted molar refractivity (Wildman–Crippen MR) is 73.6 cm³/mol. The lowest BCUT2D eigenvalue weighted by Crippen LogP contribution is -2.36. The number of benzene rings is 1. The highest BCUT2D eigenvalue weighted by Gasteiger charge is 2.33. The molecular weight excluding hydrogens is 346 g/mol. The van der Waals surface area contributed by atoms with Gasteiger partial charge in [0, 0.05) is 6.07 Å². The van der Waals surface area contributed by atoms with E-state index in [0.29, 0.717) is 6.07 Å². The number of aromatic amines is 1. The molecule has 2 rings (SSSR count). The summed E-state index contributed by atoms with van der Waals surface area (Å²) in [6.07, 6.45) is -4.95. The lowest BCUT2D eigenvalue weighted by molar-refractivity contribution is -0.141. The summed E-state index contributed by atoms with van der Waals surface area (Å²) >= 11 is 5.65. The topological polar surface area (TPSA) is 90.1 Å². The number of aromatic nitrogens is 2. The molecule has 0 aliphatic carbocycles. The molecule has 0 amide bonds. The Labute approximate surface area is 130 Å². The second kappa shape index (κ2) is 5.61. The third-order valence-electron chi connectivity index (χ3n) is 2.86. The Morgan fingerprint density at radius 2 is 1.91 bits per heavy atom. The maximum absolute atomic E-state index is 14.1. The smallest absolute Gasteiger partial charge is 0.431 e. The van der Waals surface area contributed by atoms with E-state index in [1.54, 1.807) is 0 Å². The number of ether oxygens (including phenoxy) is 1. The second-order valence-electron chi connectivity index (χ2n) is 4.30. The van der Waals surface area contributed by atoms with E-state index in [4.69, 9.17) is 22.1 Å². The summed E-state index contributed by atoms with van der Waals surface area (Å²) < 4.78 is 56.8. The van der Waals surface area contributed by atoms with Crippen molar-refractivity contribution < 1.29 is 22.3 Å². The van der Waals surface area contributed by atoms with Crippen molar-refractivity contribution in [2.45, 2.75) is 6.18 Å². The number of rotatable bonds is 2. The van der Waals surface area contributed by atoms with Crippen molar-refractivity contribution in [2.75, 3.05) is 12.8 Å². The fraction of sp³-hybridized carbons (Fsp3) is 0.167. The maximum Gasteiger partial charge on any atom is 0.431 e. The molecule has 0 radical (unpaired) electrons. The van der Waals surface area contributed by atoms with E-state index in [0.717, 1.165) is 7.11 Å². The largest absolute Gasteiger partial charge is 0.492 e. The van der Waals surface area contributed by atoms with Gasteiger partial charge in [0.2, 0.25) is 0 Å². The summed E-state index contributed by atoms with van der Waals surface area (Å²) in [5.74, 6) is -1.63. The molecule has 23 heavy (non-hydrogen) atoms. The number of alkyl halides is 3. The number of halogens is 5. The van der Waals surface area contributed by atoms with Gasteiger partial charge in [0.05, 0.1) is 17.8 Å². The first-order valence-electron chi connectivity index (χ1n) is 5.83. The van der Waals surface area contributed by atoms with E-state index in [-0.39, 0.29) is 21.3 Å². The number of nitrogen functional groups attached to an aromatic ring is 1. The molecule has 3 N–H and O–H groups in total. The average Bonchev–Trinajstić information content (AvgIpc) is 2.42. The summed E-state index contributed by atoms with van der Waals surface area (Å²) in [6, 6.07) is 0.823. The molecule has 1 heterocycles. The van der Waals surface area contributed by atoms with Crippen LogP contribution in [-0.2, 0) is 6.18 Å². The van der Waals surface area contributed by atoms with Crippen LogP contribution in [0.15, 0.2) is 21.7 Å². The number of hydrogen-bond donors (Lipinski definition) is 2. The minimum Gasteiger partial charge on any atom is -0.492 e. The Morgan fingerprint density at radius 1 is 1.30 bits per heavy atom. The molecule has 11 heteroatoms. The van der Waals surface area contributed by atoms with Crippen molar-refractivity contribution in [3.8, 4) is 11.4 Å². The molecule has 0 unspecified atom stereocenters. The average molecular weight is 354 g/mol. The predicted octanol–water partition coefficient (Wildman–Crippen LogP) is 1.93. The number of methoxy groups -OCH3 is 1. The maximum atomic E-state index is 14.1. The zero-order valence-corrected chi connectivity index (χ0v) is 12.0. The lowest BCUT2D eigenvalue weighted by Gasteiger charge is -2.15. The van der Waals surface area contributed by atoms with Gasteiger partial charge in [0.15, 0.2) is 11.6 Å². The molecule has 0 spiro atoms. The van der Waals surface area contributed by atoms with E-state index in [2.05, 4.69) is 0 Å². The van der Waals surface area contributed by atoms with E-state index in [9.17, 15) is 27.2 Å². The van der Waals surface area contributed by atoms with Crippen molar-refractivity contribution in [1.29, 1.82) is 0 Å².